The van der Waals surface area contributed by atoms with Gasteiger partial charge in [0.1, 0.15) is 0 Å². The fourth-order valence-corrected chi connectivity index (χ4v) is 2.01. The van der Waals surface area contributed by atoms with Crippen molar-refractivity contribution in [3.8, 4) is 0 Å². The molecule has 21 heavy (non-hydrogen) atoms. The normalized spacial score (nSPS) is 10.0. The van der Waals surface area contributed by atoms with Crippen LogP contribution in [0.1, 0.15) is 26.3 Å². The largest absolute Gasteiger partial charge is 0.465 e. The van der Waals surface area contributed by atoms with Crippen LogP contribution in [0.2, 0.25) is 5.02 Å². The van der Waals surface area contributed by atoms with Gasteiger partial charge in [-0.1, -0.05) is 11.6 Å². The van der Waals surface area contributed by atoms with E-state index < -0.39 is 5.97 Å². The van der Waals surface area contributed by atoms with Crippen LogP contribution in [-0.2, 0) is 4.74 Å². The number of amides is 1. The molecule has 108 valence electrons. The summed E-state index contributed by atoms with van der Waals surface area (Å²) < 4.78 is 4.68. The lowest BCUT2D eigenvalue weighted by molar-refractivity contribution is 0.0600. The molecule has 1 N–H and O–H groups in total. The molecule has 0 unspecified atom stereocenters. The zero-order valence-corrected chi connectivity index (χ0v) is 12.4. The van der Waals surface area contributed by atoms with Crippen LogP contribution in [0.5, 0.6) is 0 Å². The van der Waals surface area contributed by atoms with Gasteiger partial charge in [-0.3, -0.25) is 4.79 Å². The summed E-state index contributed by atoms with van der Waals surface area (Å²) >= 11 is 5.78. The van der Waals surface area contributed by atoms with Crippen LogP contribution in [0.25, 0.3) is 0 Å². The molecule has 2 aromatic carbocycles. The number of hydrogen-bond donors (Lipinski definition) is 1. The molecule has 0 aromatic heterocycles. The molecule has 0 aliphatic rings. The Morgan fingerprint density at radius 1 is 1.10 bits per heavy atom. The summed E-state index contributed by atoms with van der Waals surface area (Å²) in [5.41, 5.74) is 2.33. The first-order valence-electron chi connectivity index (χ1n) is 6.27. The molecular weight excluding hydrogens is 290 g/mol. The standard InChI is InChI=1S/C16H14ClNO3/c1-10-9-13(7-8-14(10)16(20)21-2)18-15(19)11-3-5-12(17)6-4-11/h3-9H,1-2H3,(H,18,19). The van der Waals surface area contributed by atoms with Gasteiger partial charge in [-0.05, 0) is 55.0 Å². The smallest absolute Gasteiger partial charge is 0.338 e. The molecular formula is C16H14ClNO3. The van der Waals surface area contributed by atoms with Gasteiger partial charge in [0.25, 0.3) is 5.91 Å². The van der Waals surface area contributed by atoms with E-state index in [0.29, 0.717) is 21.8 Å². The maximum absolute atomic E-state index is 12.1. The summed E-state index contributed by atoms with van der Waals surface area (Å²) in [7, 11) is 1.33. The van der Waals surface area contributed by atoms with Crippen molar-refractivity contribution >= 4 is 29.2 Å². The number of benzene rings is 2. The van der Waals surface area contributed by atoms with Crippen LogP contribution in [-0.4, -0.2) is 19.0 Å². The number of ether oxygens (including phenoxy) is 1. The number of rotatable bonds is 3. The summed E-state index contributed by atoms with van der Waals surface area (Å²) in [6.45, 7) is 1.78. The second kappa shape index (κ2) is 6.41. The van der Waals surface area contributed by atoms with Gasteiger partial charge < -0.3 is 10.1 Å². The summed E-state index contributed by atoms with van der Waals surface area (Å²) in [5.74, 6) is -0.639. The second-order valence-corrected chi connectivity index (χ2v) is 4.92. The van der Waals surface area contributed by atoms with E-state index in [1.165, 1.54) is 7.11 Å². The molecule has 0 saturated heterocycles. The number of carbonyl (C=O) groups is 2. The number of hydrogen-bond acceptors (Lipinski definition) is 3. The van der Waals surface area contributed by atoms with E-state index in [-0.39, 0.29) is 5.91 Å². The van der Waals surface area contributed by atoms with Crippen LogP contribution in [0.4, 0.5) is 5.69 Å². The minimum atomic E-state index is -0.400. The molecule has 0 bridgehead atoms. The highest BCUT2D eigenvalue weighted by Gasteiger charge is 2.11. The lowest BCUT2D eigenvalue weighted by Crippen LogP contribution is -2.12. The van der Waals surface area contributed by atoms with Crippen LogP contribution in [0.3, 0.4) is 0 Å². The van der Waals surface area contributed by atoms with E-state index >= 15 is 0 Å². The zero-order chi connectivity index (χ0) is 15.4. The first-order chi connectivity index (χ1) is 10.0. The van der Waals surface area contributed by atoms with Crippen molar-refractivity contribution in [1.82, 2.24) is 0 Å². The van der Waals surface area contributed by atoms with Crippen molar-refractivity contribution < 1.29 is 14.3 Å². The number of halogens is 1. The number of methoxy groups -OCH3 is 1. The van der Waals surface area contributed by atoms with E-state index in [1.54, 1.807) is 49.4 Å². The molecule has 0 fully saturated rings. The van der Waals surface area contributed by atoms with Crippen LogP contribution >= 0.6 is 11.6 Å². The number of esters is 1. The molecule has 2 aromatic rings. The molecule has 0 atom stereocenters. The molecule has 0 aliphatic carbocycles. The molecule has 0 radical (unpaired) electrons. The molecule has 0 aliphatic heterocycles. The third kappa shape index (κ3) is 3.61. The molecule has 4 nitrogen and oxygen atoms in total. The van der Waals surface area contributed by atoms with Crippen molar-refractivity contribution in [2.75, 3.05) is 12.4 Å². The monoisotopic (exact) mass is 303 g/mol. The van der Waals surface area contributed by atoms with E-state index in [1.807, 2.05) is 0 Å². The second-order valence-electron chi connectivity index (χ2n) is 4.48. The van der Waals surface area contributed by atoms with Gasteiger partial charge in [0.15, 0.2) is 0 Å². The molecule has 0 spiro atoms. The minimum Gasteiger partial charge on any atom is -0.465 e. The molecule has 0 heterocycles. The Hall–Kier alpha value is -2.33. The Morgan fingerprint density at radius 2 is 1.76 bits per heavy atom. The Kier molecular flexibility index (Phi) is 4.60. The summed E-state index contributed by atoms with van der Waals surface area (Å²) in [6, 6.07) is 11.6. The van der Waals surface area contributed by atoms with Gasteiger partial charge in [-0.2, -0.15) is 0 Å². The Morgan fingerprint density at radius 3 is 2.33 bits per heavy atom. The molecule has 0 saturated carbocycles. The maximum Gasteiger partial charge on any atom is 0.338 e. The summed E-state index contributed by atoms with van der Waals surface area (Å²) in [5, 5.41) is 3.34. The van der Waals surface area contributed by atoms with E-state index in [9.17, 15) is 9.59 Å². The topological polar surface area (TPSA) is 55.4 Å². The van der Waals surface area contributed by atoms with Gasteiger partial charge >= 0.3 is 5.97 Å². The lowest BCUT2D eigenvalue weighted by atomic mass is 10.1. The highest BCUT2D eigenvalue weighted by Crippen LogP contribution is 2.17. The maximum atomic E-state index is 12.1. The Balaban J connectivity index is 2.16. The van der Waals surface area contributed by atoms with Gasteiger partial charge in [-0.15, -0.1) is 0 Å². The van der Waals surface area contributed by atoms with E-state index in [0.717, 1.165) is 5.56 Å². The predicted molar refractivity (Wildman–Crippen MR) is 81.9 cm³/mol. The number of carbonyl (C=O) groups excluding carboxylic acids is 2. The predicted octanol–water partition coefficient (Wildman–Crippen LogP) is 3.69. The summed E-state index contributed by atoms with van der Waals surface area (Å²) in [6.07, 6.45) is 0. The molecule has 1 amide bonds. The minimum absolute atomic E-state index is 0.239. The fourth-order valence-electron chi connectivity index (χ4n) is 1.88. The fraction of sp³-hybridized carbons (Fsp3) is 0.125. The lowest BCUT2D eigenvalue weighted by Gasteiger charge is -2.09. The van der Waals surface area contributed by atoms with Crippen molar-refractivity contribution in [1.29, 1.82) is 0 Å². The van der Waals surface area contributed by atoms with Crippen molar-refractivity contribution in [2.45, 2.75) is 6.92 Å². The quantitative estimate of drug-likeness (QED) is 0.880. The van der Waals surface area contributed by atoms with Gasteiger partial charge in [-0.25, -0.2) is 4.79 Å². The third-order valence-electron chi connectivity index (χ3n) is 3.00. The van der Waals surface area contributed by atoms with Crippen LogP contribution in [0.15, 0.2) is 42.5 Å². The van der Waals surface area contributed by atoms with Gasteiger partial charge in [0.05, 0.1) is 12.7 Å². The van der Waals surface area contributed by atoms with E-state index in [2.05, 4.69) is 10.1 Å². The van der Waals surface area contributed by atoms with Crippen molar-refractivity contribution in [3.63, 3.8) is 0 Å². The molecule has 5 heteroatoms. The average molecular weight is 304 g/mol. The Bertz CT molecular complexity index is 680. The SMILES string of the molecule is COC(=O)c1ccc(NC(=O)c2ccc(Cl)cc2)cc1C. The number of nitrogens with one attached hydrogen (secondary N) is 1. The summed E-state index contributed by atoms with van der Waals surface area (Å²) in [4.78, 5) is 23.6. The van der Waals surface area contributed by atoms with Crippen LogP contribution < -0.4 is 5.32 Å². The van der Waals surface area contributed by atoms with Gasteiger partial charge in [0.2, 0.25) is 0 Å². The first-order valence-corrected chi connectivity index (χ1v) is 6.65. The van der Waals surface area contributed by atoms with Crippen molar-refractivity contribution in [3.05, 3.63) is 64.2 Å². The first kappa shape index (κ1) is 15.1. The third-order valence-corrected chi connectivity index (χ3v) is 3.25. The Labute approximate surface area is 127 Å². The average Bonchev–Trinajstić information content (AvgIpc) is 2.47. The number of anilines is 1. The van der Waals surface area contributed by atoms with Crippen LogP contribution in [0, 0.1) is 6.92 Å². The van der Waals surface area contributed by atoms with Crippen molar-refractivity contribution in [2.24, 2.45) is 0 Å². The molecule has 2 rings (SSSR count). The zero-order valence-electron chi connectivity index (χ0n) is 11.6. The highest BCUT2D eigenvalue weighted by atomic mass is 35.5. The highest BCUT2D eigenvalue weighted by molar-refractivity contribution is 6.30. The van der Waals surface area contributed by atoms with Gasteiger partial charge in [0, 0.05) is 16.3 Å². The number of aryl methyl sites for hydroxylation is 1. The van der Waals surface area contributed by atoms with E-state index in [4.69, 9.17) is 11.6 Å².